The lowest BCUT2D eigenvalue weighted by Crippen LogP contribution is -2.33. The van der Waals surface area contributed by atoms with Crippen molar-refractivity contribution in [3.63, 3.8) is 0 Å². The van der Waals surface area contributed by atoms with E-state index in [9.17, 15) is 13.6 Å². The third kappa shape index (κ3) is 6.93. The Morgan fingerprint density at radius 3 is 2.31 bits per heavy atom. The molecule has 2 aromatic rings. The largest absolute Gasteiger partial charge is 0.493 e. The number of para-hydroxylation sites is 1. The number of rotatable bonds is 10. The highest BCUT2D eigenvalue weighted by Crippen LogP contribution is 2.32. The first kappa shape index (κ1) is 22.5. The van der Waals surface area contributed by atoms with Crippen LogP contribution in [0.5, 0.6) is 17.2 Å². The van der Waals surface area contributed by atoms with Gasteiger partial charge in [-0.3, -0.25) is 4.79 Å². The van der Waals surface area contributed by atoms with Gasteiger partial charge in [0.2, 0.25) is 0 Å². The summed E-state index contributed by atoms with van der Waals surface area (Å²) >= 11 is 0. The number of ether oxygens (including phenoxy) is 3. The number of carbonyl (C=O) groups excluding carboxylic acids is 1. The first-order valence-electron chi connectivity index (χ1n) is 9.48. The second kappa shape index (κ2) is 10.6. The highest BCUT2D eigenvalue weighted by atomic mass is 19.3. The molecule has 0 saturated heterocycles. The molecule has 0 bridgehead atoms. The second-order valence-corrected chi connectivity index (χ2v) is 6.94. The van der Waals surface area contributed by atoms with Gasteiger partial charge >= 0.3 is 6.61 Å². The fraction of sp³-hybridized carbons (Fsp3) is 0.409. The monoisotopic (exact) mass is 407 g/mol. The van der Waals surface area contributed by atoms with E-state index < -0.39 is 12.5 Å². The molecule has 0 aliphatic rings. The van der Waals surface area contributed by atoms with Crippen LogP contribution in [0.1, 0.15) is 43.1 Å². The molecule has 0 heterocycles. The SMILES string of the molecule is COc1cccc(C(=O)NC(C)CCc2ccc(OC(C)C)cc2)c1OC(F)F. The number of halogens is 2. The zero-order valence-electron chi connectivity index (χ0n) is 17.1. The Hall–Kier alpha value is -2.83. The fourth-order valence-electron chi connectivity index (χ4n) is 2.83. The van der Waals surface area contributed by atoms with Crippen molar-refractivity contribution >= 4 is 5.91 Å². The molecule has 1 N–H and O–H groups in total. The van der Waals surface area contributed by atoms with Gasteiger partial charge < -0.3 is 19.5 Å². The smallest absolute Gasteiger partial charge is 0.387 e. The molecule has 2 rings (SSSR count). The molecule has 0 saturated carbocycles. The molecule has 5 nitrogen and oxygen atoms in total. The minimum atomic E-state index is -3.06. The molecule has 1 atom stereocenters. The van der Waals surface area contributed by atoms with Crippen molar-refractivity contribution < 1.29 is 27.8 Å². The average molecular weight is 407 g/mol. The molecule has 0 fully saturated rings. The van der Waals surface area contributed by atoms with Gasteiger partial charge in [-0.1, -0.05) is 18.2 Å². The van der Waals surface area contributed by atoms with Gasteiger partial charge in [-0.05, 0) is 63.4 Å². The Morgan fingerprint density at radius 2 is 1.72 bits per heavy atom. The molecule has 0 aromatic heterocycles. The van der Waals surface area contributed by atoms with E-state index in [-0.39, 0.29) is 29.2 Å². The number of hydrogen-bond acceptors (Lipinski definition) is 4. The Morgan fingerprint density at radius 1 is 1.03 bits per heavy atom. The van der Waals surface area contributed by atoms with Crippen molar-refractivity contribution in [2.75, 3.05) is 7.11 Å². The summed E-state index contributed by atoms with van der Waals surface area (Å²) in [5.74, 6) is 0.132. The third-order valence-electron chi connectivity index (χ3n) is 4.19. The molecule has 158 valence electrons. The topological polar surface area (TPSA) is 56.8 Å². The van der Waals surface area contributed by atoms with Crippen molar-refractivity contribution in [2.45, 2.75) is 52.4 Å². The first-order valence-corrected chi connectivity index (χ1v) is 9.48. The lowest BCUT2D eigenvalue weighted by atomic mass is 10.1. The number of hydrogen-bond donors (Lipinski definition) is 1. The minimum absolute atomic E-state index is 0.00619. The van der Waals surface area contributed by atoms with Crippen LogP contribution in [-0.2, 0) is 6.42 Å². The molecule has 1 unspecified atom stereocenters. The van der Waals surface area contributed by atoms with Crippen LogP contribution in [0.15, 0.2) is 42.5 Å². The van der Waals surface area contributed by atoms with Crippen molar-refractivity contribution in [2.24, 2.45) is 0 Å². The predicted molar refractivity (Wildman–Crippen MR) is 107 cm³/mol. The van der Waals surface area contributed by atoms with Crippen LogP contribution in [0.2, 0.25) is 0 Å². The van der Waals surface area contributed by atoms with Crippen LogP contribution in [0.4, 0.5) is 8.78 Å². The van der Waals surface area contributed by atoms with Crippen LogP contribution in [0.3, 0.4) is 0 Å². The summed E-state index contributed by atoms with van der Waals surface area (Å²) in [7, 11) is 1.33. The van der Waals surface area contributed by atoms with Crippen molar-refractivity contribution in [3.8, 4) is 17.2 Å². The van der Waals surface area contributed by atoms with Crippen molar-refractivity contribution in [3.05, 3.63) is 53.6 Å². The summed E-state index contributed by atoms with van der Waals surface area (Å²) in [5.41, 5.74) is 1.12. The Balaban J connectivity index is 1.97. The normalized spacial score (nSPS) is 12.0. The van der Waals surface area contributed by atoms with Crippen LogP contribution in [0.25, 0.3) is 0 Å². The van der Waals surface area contributed by atoms with E-state index in [1.165, 1.54) is 19.2 Å². The fourth-order valence-corrected chi connectivity index (χ4v) is 2.83. The van der Waals surface area contributed by atoms with Gasteiger partial charge in [0.05, 0.1) is 18.8 Å². The van der Waals surface area contributed by atoms with Crippen molar-refractivity contribution in [1.82, 2.24) is 5.32 Å². The van der Waals surface area contributed by atoms with E-state index in [0.717, 1.165) is 17.7 Å². The summed E-state index contributed by atoms with van der Waals surface area (Å²) in [6.45, 7) is 2.75. The molecule has 0 aliphatic heterocycles. The number of benzene rings is 2. The van der Waals surface area contributed by atoms with Crippen LogP contribution in [0, 0.1) is 0 Å². The third-order valence-corrected chi connectivity index (χ3v) is 4.19. The maximum absolute atomic E-state index is 12.7. The van der Waals surface area contributed by atoms with E-state index in [0.29, 0.717) is 6.42 Å². The molecule has 29 heavy (non-hydrogen) atoms. The zero-order chi connectivity index (χ0) is 21.4. The van der Waals surface area contributed by atoms with E-state index in [2.05, 4.69) is 10.1 Å². The highest BCUT2D eigenvalue weighted by molar-refractivity contribution is 5.98. The second-order valence-electron chi connectivity index (χ2n) is 6.94. The summed E-state index contributed by atoms with van der Waals surface area (Å²) in [6.07, 6.45) is 1.55. The van der Waals surface area contributed by atoms with Gasteiger partial charge in [-0.25, -0.2) is 0 Å². The van der Waals surface area contributed by atoms with Gasteiger partial charge in [0.1, 0.15) is 5.75 Å². The lowest BCUT2D eigenvalue weighted by Gasteiger charge is -2.17. The molecule has 0 aliphatic carbocycles. The standard InChI is InChI=1S/C22H27F2NO4/c1-14(2)28-17-12-10-16(11-13-17)9-8-15(3)25-21(26)18-6-5-7-19(27-4)20(18)29-22(23)24/h5-7,10-15,22H,8-9H2,1-4H3,(H,25,26). The number of aryl methyl sites for hydroxylation is 1. The maximum atomic E-state index is 12.7. The number of methoxy groups -OCH3 is 1. The van der Waals surface area contributed by atoms with Crippen LogP contribution >= 0.6 is 0 Å². The molecule has 0 spiro atoms. The molecule has 2 aromatic carbocycles. The summed E-state index contributed by atoms with van der Waals surface area (Å²) in [6, 6.07) is 12.1. The number of nitrogens with one attached hydrogen (secondary N) is 1. The summed E-state index contributed by atoms with van der Waals surface area (Å²) < 4.78 is 40.6. The zero-order valence-corrected chi connectivity index (χ0v) is 17.1. The molecular weight excluding hydrogens is 380 g/mol. The van der Waals surface area contributed by atoms with Gasteiger partial charge in [-0.15, -0.1) is 0 Å². The van der Waals surface area contributed by atoms with Crippen LogP contribution in [-0.4, -0.2) is 31.8 Å². The first-order chi connectivity index (χ1) is 13.8. The average Bonchev–Trinajstić information content (AvgIpc) is 2.66. The van der Waals surface area contributed by atoms with Crippen LogP contribution < -0.4 is 19.5 Å². The van der Waals surface area contributed by atoms with E-state index in [1.54, 1.807) is 6.07 Å². The van der Waals surface area contributed by atoms with E-state index >= 15 is 0 Å². The molecule has 1 amide bonds. The van der Waals surface area contributed by atoms with Gasteiger partial charge in [0.15, 0.2) is 11.5 Å². The quantitative estimate of drug-likeness (QED) is 0.613. The van der Waals surface area contributed by atoms with Gasteiger partial charge in [0.25, 0.3) is 5.91 Å². The Kier molecular flexibility index (Phi) is 8.24. The van der Waals surface area contributed by atoms with E-state index in [1.807, 2.05) is 45.0 Å². The lowest BCUT2D eigenvalue weighted by molar-refractivity contribution is -0.0515. The number of amides is 1. The number of carbonyl (C=O) groups is 1. The Bertz CT molecular complexity index is 794. The Labute approximate surface area is 170 Å². The summed E-state index contributed by atoms with van der Waals surface area (Å²) in [4.78, 5) is 12.6. The molecule has 7 heteroatoms. The number of alkyl halides is 2. The van der Waals surface area contributed by atoms with Gasteiger partial charge in [0, 0.05) is 6.04 Å². The van der Waals surface area contributed by atoms with Crippen molar-refractivity contribution in [1.29, 1.82) is 0 Å². The minimum Gasteiger partial charge on any atom is -0.493 e. The summed E-state index contributed by atoms with van der Waals surface area (Å²) in [5, 5.41) is 2.82. The maximum Gasteiger partial charge on any atom is 0.387 e. The van der Waals surface area contributed by atoms with Gasteiger partial charge in [-0.2, -0.15) is 8.78 Å². The van der Waals surface area contributed by atoms with E-state index in [4.69, 9.17) is 9.47 Å². The predicted octanol–water partition coefficient (Wildman–Crippen LogP) is 4.83. The molecular formula is C22H27F2NO4. The highest BCUT2D eigenvalue weighted by Gasteiger charge is 2.21. The molecule has 0 radical (unpaired) electrons.